The first-order valence-electron chi connectivity index (χ1n) is 16.1. The molecule has 9 heteroatoms. The van der Waals surface area contributed by atoms with Gasteiger partial charge in [-0.25, -0.2) is 0 Å². The molecule has 1 saturated carbocycles. The van der Waals surface area contributed by atoms with Gasteiger partial charge in [0.25, 0.3) is 5.92 Å². The molecule has 250 valence electrons. The Hall–Kier alpha value is -3.49. The van der Waals surface area contributed by atoms with Gasteiger partial charge in [-0.3, -0.25) is 14.4 Å². The smallest absolute Gasteiger partial charge is 0.305 e. The number of para-hydroxylation sites is 1. The predicted octanol–water partition coefficient (Wildman–Crippen LogP) is 8.33. The van der Waals surface area contributed by atoms with Crippen molar-refractivity contribution >= 4 is 17.9 Å². The molecule has 0 saturated heterocycles. The summed E-state index contributed by atoms with van der Waals surface area (Å²) in [6.45, 7) is 5.87. The Bertz CT molecular complexity index is 1090. The number of hydrogen-bond donors (Lipinski definition) is 0. The number of hydrogen-bond acceptors (Lipinski definition) is 7. The van der Waals surface area contributed by atoms with Gasteiger partial charge in [-0.1, -0.05) is 68.2 Å². The standard InChI is InChI=1S/C36H50F2O7/c1-4-5-6-7-8-9-12-18-25-42-35(41)22-17-11-10-16-21-31-32(34(45-29(3)40)26-33(31)44-28(2)39)23-24-36(37,38)27-43-30-19-14-13-15-20-30/h4,10,13-16,19-20,23-24,31-34H,1,5-9,11-12,17-18,21-22,25-27H2,2-3H3/b16-10-,24-23+/t31-,32-,33+,34-/m1/s1. The zero-order valence-corrected chi connectivity index (χ0v) is 26.8. The molecule has 1 aliphatic carbocycles. The zero-order chi connectivity index (χ0) is 32.9. The van der Waals surface area contributed by atoms with Crippen molar-refractivity contribution < 1.29 is 42.1 Å². The quantitative estimate of drug-likeness (QED) is 0.0550. The number of benzene rings is 1. The molecule has 0 bridgehead atoms. The summed E-state index contributed by atoms with van der Waals surface area (Å²) in [5, 5.41) is 0. The van der Waals surface area contributed by atoms with Crippen LogP contribution >= 0.6 is 0 Å². The van der Waals surface area contributed by atoms with Crippen molar-refractivity contribution in [2.24, 2.45) is 11.8 Å². The number of allylic oxidation sites excluding steroid dienone is 3. The number of carbonyl (C=O) groups is 3. The van der Waals surface area contributed by atoms with Gasteiger partial charge in [0.05, 0.1) is 6.61 Å². The highest BCUT2D eigenvalue weighted by Gasteiger charge is 2.45. The highest BCUT2D eigenvalue weighted by molar-refractivity contribution is 5.69. The van der Waals surface area contributed by atoms with Crippen molar-refractivity contribution in [1.82, 2.24) is 0 Å². The fourth-order valence-electron chi connectivity index (χ4n) is 5.44. The van der Waals surface area contributed by atoms with Crippen LogP contribution in [0.3, 0.4) is 0 Å². The number of esters is 3. The predicted molar refractivity (Wildman–Crippen MR) is 170 cm³/mol. The van der Waals surface area contributed by atoms with Gasteiger partial charge in [0, 0.05) is 38.5 Å². The largest absolute Gasteiger partial charge is 0.487 e. The number of alkyl halides is 2. The molecule has 0 aromatic heterocycles. The maximum absolute atomic E-state index is 14.8. The maximum Gasteiger partial charge on any atom is 0.305 e. The average Bonchev–Trinajstić information content (AvgIpc) is 3.30. The Morgan fingerprint density at radius 2 is 1.56 bits per heavy atom. The first kappa shape index (κ1) is 37.7. The molecule has 0 radical (unpaired) electrons. The van der Waals surface area contributed by atoms with Crippen LogP contribution < -0.4 is 4.74 Å². The molecule has 2 rings (SSSR count). The van der Waals surface area contributed by atoms with E-state index in [9.17, 15) is 23.2 Å². The fraction of sp³-hybridized carbons (Fsp3) is 0.583. The van der Waals surface area contributed by atoms with Gasteiger partial charge in [-0.05, 0) is 56.7 Å². The third-order valence-electron chi connectivity index (χ3n) is 7.63. The van der Waals surface area contributed by atoms with E-state index in [2.05, 4.69) is 6.58 Å². The third-order valence-corrected chi connectivity index (χ3v) is 7.63. The Morgan fingerprint density at radius 1 is 0.889 bits per heavy atom. The van der Waals surface area contributed by atoms with Crippen molar-refractivity contribution in [3.8, 4) is 5.75 Å². The lowest BCUT2D eigenvalue weighted by atomic mass is 9.89. The van der Waals surface area contributed by atoms with Gasteiger partial charge >= 0.3 is 17.9 Å². The SMILES string of the molecule is C=CCCCCCCCCOC(=O)CCC/C=C\C[C@@H]1[C@@H](/C=C/C(F)(F)COc2ccccc2)[C@H](OC(C)=O)C[C@@H]1OC(C)=O. The minimum Gasteiger partial charge on any atom is -0.487 e. The highest BCUT2D eigenvalue weighted by Crippen LogP contribution is 2.40. The Labute approximate surface area is 267 Å². The third kappa shape index (κ3) is 16.4. The Kier molecular flexibility index (Phi) is 17.8. The molecule has 1 aliphatic rings. The summed E-state index contributed by atoms with van der Waals surface area (Å²) in [5.74, 6) is -5.19. The van der Waals surface area contributed by atoms with Crippen LogP contribution in [0.15, 0.2) is 67.3 Å². The summed E-state index contributed by atoms with van der Waals surface area (Å²) >= 11 is 0. The average molecular weight is 633 g/mol. The van der Waals surface area contributed by atoms with Gasteiger partial charge in [-0.15, -0.1) is 6.58 Å². The second-order valence-electron chi connectivity index (χ2n) is 11.5. The van der Waals surface area contributed by atoms with Gasteiger partial charge in [0.15, 0.2) is 6.61 Å². The maximum atomic E-state index is 14.8. The van der Waals surface area contributed by atoms with E-state index in [1.807, 2.05) is 18.2 Å². The van der Waals surface area contributed by atoms with Crippen LogP contribution in [-0.4, -0.2) is 49.3 Å². The number of carbonyl (C=O) groups excluding carboxylic acids is 3. The summed E-state index contributed by atoms with van der Waals surface area (Å²) in [4.78, 5) is 35.7. The molecule has 0 spiro atoms. The van der Waals surface area contributed by atoms with E-state index in [1.165, 1.54) is 39.2 Å². The van der Waals surface area contributed by atoms with Crippen LogP contribution in [0, 0.1) is 11.8 Å². The number of rotatable bonds is 22. The fourth-order valence-corrected chi connectivity index (χ4v) is 5.44. The second-order valence-corrected chi connectivity index (χ2v) is 11.5. The monoisotopic (exact) mass is 632 g/mol. The number of halogens is 2. The van der Waals surface area contributed by atoms with E-state index >= 15 is 0 Å². The molecule has 0 amide bonds. The van der Waals surface area contributed by atoms with Crippen LogP contribution in [0.4, 0.5) is 8.78 Å². The van der Waals surface area contributed by atoms with Gasteiger partial charge in [0.2, 0.25) is 0 Å². The minimum absolute atomic E-state index is 0.208. The van der Waals surface area contributed by atoms with E-state index in [0.717, 1.165) is 31.8 Å². The van der Waals surface area contributed by atoms with Crippen LogP contribution in [0.1, 0.15) is 90.9 Å². The molecule has 0 N–H and O–H groups in total. The molecular weight excluding hydrogens is 582 g/mol. The van der Waals surface area contributed by atoms with Crippen molar-refractivity contribution in [1.29, 1.82) is 0 Å². The topological polar surface area (TPSA) is 88.1 Å². The van der Waals surface area contributed by atoms with Gasteiger partial charge < -0.3 is 18.9 Å². The Morgan fingerprint density at radius 3 is 2.24 bits per heavy atom. The molecule has 0 heterocycles. The lowest BCUT2D eigenvalue weighted by molar-refractivity contribution is -0.149. The Balaban J connectivity index is 1.87. The van der Waals surface area contributed by atoms with Crippen molar-refractivity contribution in [2.75, 3.05) is 13.2 Å². The van der Waals surface area contributed by atoms with Crippen molar-refractivity contribution in [2.45, 2.75) is 109 Å². The van der Waals surface area contributed by atoms with Crippen molar-refractivity contribution in [3.05, 3.63) is 67.3 Å². The zero-order valence-electron chi connectivity index (χ0n) is 26.8. The van der Waals surface area contributed by atoms with Crippen LogP contribution in [-0.2, 0) is 28.6 Å². The van der Waals surface area contributed by atoms with Crippen molar-refractivity contribution in [3.63, 3.8) is 0 Å². The molecular formula is C36H50F2O7. The molecule has 1 fully saturated rings. The van der Waals surface area contributed by atoms with Crippen LogP contribution in [0.25, 0.3) is 0 Å². The second kappa shape index (κ2) is 21.3. The summed E-state index contributed by atoms with van der Waals surface area (Å²) in [6.07, 6.45) is 16.4. The number of unbranched alkanes of at least 4 members (excludes halogenated alkanes) is 7. The van der Waals surface area contributed by atoms with Crippen LogP contribution in [0.2, 0.25) is 0 Å². The van der Waals surface area contributed by atoms with Gasteiger partial charge in [0.1, 0.15) is 18.0 Å². The molecule has 1 aromatic carbocycles. The highest BCUT2D eigenvalue weighted by atomic mass is 19.3. The van der Waals surface area contributed by atoms with Crippen LogP contribution in [0.5, 0.6) is 5.75 Å². The summed E-state index contributed by atoms with van der Waals surface area (Å²) in [5.41, 5.74) is 0. The molecule has 7 nitrogen and oxygen atoms in total. The van der Waals surface area contributed by atoms with E-state index in [0.29, 0.717) is 38.0 Å². The molecule has 0 aliphatic heterocycles. The molecule has 0 unspecified atom stereocenters. The van der Waals surface area contributed by atoms with E-state index in [4.69, 9.17) is 18.9 Å². The summed E-state index contributed by atoms with van der Waals surface area (Å²) < 4.78 is 51.1. The minimum atomic E-state index is -3.28. The van der Waals surface area contributed by atoms with E-state index in [1.54, 1.807) is 30.3 Å². The molecule has 1 aromatic rings. The lowest BCUT2D eigenvalue weighted by Crippen LogP contribution is -2.27. The molecule has 4 atom stereocenters. The number of ether oxygens (including phenoxy) is 4. The van der Waals surface area contributed by atoms with E-state index in [-0.39, 0.29) is 18.3 Å². The lowest BCUT2D eigenvalue weighted by Gasteiger charge is -2.23. The first-order valence-corrected chi connectivity index (χ1v) is 16.1. The van der Waals surface area contributed by atoms with Gasteiger partial charge in [-0.2, -0.15) is 8.78 Å². The summed E-state index contributed by atoms with van der Waals surface area (Å²) in [6, 6.07) is 8.35. The normalized spacial score (nSPS) is 19.9. The van der Waals surface area contributed by atoms with E-state index < -0.39 is 42.6 Å². The summed E-state index contributed by atoms with van der Waals surface area (Å²) in [7, 11) is 0. The first-order chi connectivity index (χ1) is 21.6. The molecule has 45 heavy (non-hydrogen) atoms.